The number of hydrogen-bond donors (Lipinski definition) is 2. The Morgan fingerprint density at radius 1 is 1.14 bits per heavy atom. The Labute approximate surface area is 138 Å². The first-order chi connectivity index (χ1) is 10.1. The monoisotopic (exact) mass is 342 g/mol. The number of unbranched alkanes of at least 4 members (excludes halogenated alkanes) is 1. The van der Waals surface area contributed by atoms with Crippen molar-refractivity contribution in [2.45, 2.75) is 25.8 Å². The van der Waals surface area contributed by atoms with Gasteiger partial charge in [0.2, 0.25) is 10.0 Å². The van der Waals surface area contributed by atoms with Gasteiger partial charge in [-0.15, -0.1) is 12.4 Å². The van der Waals surface area contributed by atoms with Gasteiger partial charge < -0.3 is 5.73 Å². The Balaban J connectivity index is 0.00000242. The maximum atomic E-state index is 12.0. The zero-order valence-corrected chi connectivity index (χ0v) is 14.3. The summed E-state index contributed by atoms with van der Waals surface area (Å²) in [5.41, 5.74) is 6.66. The van der Waals surface area contributed by atoms with E-state index in [1.807, 2.05) is 49.4 Å². The van der Waals surface area contributed by atoms with Gasteiger partial charge in [0.05, 0.1) is 11.8 Å². The molecular formula is C16H23ClN2O2S. The molecule has 22 heavy (non-hydrogen) atoms. The predicted molar refractivity (Wildman–Crippen MR) is 94.8 cm³/mol. The lowest BCUT2D eigenvalue weighted by Crippen LogP contribution is -2.34. The highest BCUT2D eigenvalue weighted by atomic mass is 35.5. The van der Waals surface area contributed by atoms with Crippen molar-refractivity contribution < 1.29 is 8.42 Å². The fraction of sp³-hybridized carbons (Fsp3) is 0.375. The van der Waals surface area contributed by atoms with Crippen LogP contribution < -0.4 is 10.5 Å². The van der Waals surface area contributed by atoms with Crippen molar-refractivity contribution in [3.8, 4) is 0 Å². The molecule has 0 aliphatic rings. The van der Waals surface area contributed by atoms with Gasteiger partial charge >= 0.3 is 0 Å². The third-order valence-corrected chi connectivity index (χ3v) is 4.97. The number of nitrogens with two attached hydrogens (primary N) is 1. The summed E-state index contributed by atoms with van der Waals surface area (Å²) in [4.78, 5) is 0. The first kappa shape index (κ1) is 18.9. The van der Waals surface area contributed by atoms with E-state index in [4.69, 9.17) is 5.73 Å². The number of benzene rings is 2. The van der Waals surface area contributed by atoms with Gasteiger partial charge in [0.15, 0.2) is 0 Å². The summed E-state index contributed by atoms with van der Waals surface area (Å²) in [5.74, 6) is 0.146. The largest absolute Gasteiger partial charge is 0.329 e. The van der Waals surface area contributed by atoms with E-state index >= 15 is 0 Å². The minimum absolute atomic E-state index is 0. The van der Waals surface area contributed by atoms with Crippen LogP contribution in [0.2, 0.25) is 0 Å². The lowest BCUT2D eigenvalue weighted by atomic mass is 10.0. The first-order valence-corrected chi connectivity index (χ1v) is 8.89. The van der Waals surface area contributed by atoms with Crippen LogP contribution in [0.4, 0.5) is 0 Å². The standard InChI is InChI=1S/C16H22N2O2S.ClH/c1-2-3-10-21(19,20)18-16(12-17)15-9-8-13-6-4-5-7-14(13)11-15;/h4-9,11,16,18H,2-3,10,12,17H2,1H3;1H. The molecule has 0 aliphatic carbocycles. The number of fused-ring (bicyclic) bond motifs is 1. The number of hydrogen-bond acceptors (Lipinski definition) is 3. The predicted octanol–water partition coefficient (Wildman–Crippen LogP) is 2.98. The van der Waals surface area contributed by atoms with E-state index in [1.165, 1.54) is 0 Å². The molecule has 1 unspecified atom stereocenters. The van der Waals surface area contributed by atoms with Gasteiger partial charge in [-0.3, -0.25) is 0 Å². The van der Waals surface area contributed by atoms with Gasteiger partial charge in [-0.1, -0.05) is 49.7 Å². The normalized spacial score (nSPS) is 12.8. The molecule has 0 saturated heterocycles. The molecule has 2 aromatic carbocycles. The molecule has 0 aliphatic heterocycles. The Kier molecular flexibility index (Phi) is 7.29. The number of sulfonamides is 1. The second kappa shape index (κ2) is 8.48. The number of halogens is 1. The maximum absolute atomic E-state index is 12.0. The molecule has 0 aromatic heterocycles. The third-order valence-electron chi connectivity index (χ3n) is 3.50. The van der Waals surface area contributed by atoms with E-state index in [0.717, 1.165) is 22.8 Å². The van der Waals surface area contributed by atoms with E-state index in [0.29, 0.717) is 6.42 Å². The third kappa shape index (κ3) is 4.95. The summed E-state index contributed by atoms with van der Waals surface area (Å²) < 4.78 is 26.8. The highest BCUT2D eigenvalue weighted by Crippen LogP contribution is 2.20. The minimum Gasteiger partial charge on any atom is -0.329 e. The molecule has 4 nitrogen and oxygen atoms in total. The van der Waals surface area contributed by atoms with E-state index in [2.05, 4.69) is 4.72 Å². The summed E-state index contributed by atoms with van der Waals surface area (Å²) in [6.45, 7) is 2.21. The van der Waals surface area contributed by atoms with E-state index in [1.54, 1.807) is 0 Å². The molecule has 3 N–H and O–H groups in total. The van der Waals surface area contributed by atoms with Gasteiger partial charge in [-0.25, -0.2) is 13.1 Å². The summed E-state index contributed by atoms with van der Waals surface area (Å²) in [7, 11) is -3.29. The molecule has 0 saturated carbocycles. The van der Waals surface area contributed by atoms with Crippen LogP contribution in [-0.2, 0) is 10.0 Å². The van der Waals surface area contributed by atoms with E-state index in [-0.39, 0.29) is 30.7 Å². The molecule has 1 atom stereocenters. The molecule has 6 heteroatoms. The lowest BCUT2D eigenvalue weighted by molar-refractivity contribution is 0.555. The molecular weight excluding hydrogens is 320 g/mol. The zero-order chi connectivity index (χ0) is 15.3. The van der Waals surface area contributed by atoms with Crippen LogP contribution in [0.25, 0.3) is 10.8 Å². The summed E-state index contributed by atoms with van der Waals surface area (Å²) in [5, 5.41) is 2.21. The van der Waals surface area contributed by atoms with Crippen molar-refractivity contribution in [2.75, 3.05) is 12.3 Å². The van der Waals surface area contributed by atoms with Crippen molar-refractivity contribution in [3.63, 3.8) is 0 Å². The van der Waals surface area contributed by atoms with Crippen molar-refractivity contribution in [2.24, 2.45) is 5.73 Å². The number of nitrogens with one attached hydrogen (secondary N) is 1. The molecule has 0 spiro atoms. The summed E-state index contributed by atoms with van der Waals surface area (Å²) in [6.07, 6.45) is 1.51. The SMILES string of the molecule is CCCCS(=O)(=O)NC(CN)c1ccc2ccccc2c1.Cl. The molecule has 0 fully saturated rings. The average molecular weight is 343 g/mol. The Morgan fingerprint density at radius 2 is 1.82 bits per heavy atom. The number of rotatable bonds is 7. The van der Waals surface area contributed by atoms with Crippen LogP contribution in [0, 0.1) is 0 Å². The van der Waals surface area contributed by atoms with Crippen LogP contribution in [0.5, 0.6) is 0 Å². The molecule has 0 heterocycles. The fourth-order valence-corrected chi connectivity index (χ4v) is 3.74. The van der Waals surface area contributed by atoms with Gasteiger partial charge in [0.1, 0.15) is 0 Å². The van der Waals surface area contributed by atoms with Gasteiger partial charge in [-0.2, -0.15) is 0 Å². The van der Waals surface area contributed by atoms with Crippen molar-refractivity contribution in [3.05, 3.63) is 48.0 Å². The van der Waals surface area contributed by atoms with E-state index < -0.39 is 10.0 Å². The van der Waals surface area contributed by atoms with Gasteiger partial charge in [-0.05, 0) is 28.8 Å². The van der Waals surface area contributed by atoms with Crippen LogP contribution in [0.15, 0.2) is 42.5 Å². The van der Waals surface area contributed by atoms with Gasteiger partial charge in [0.25, 0.3) is 0 Å². The molecule has 2 aromatic rings. The lowest BCUT2D eigenvalue weighted by Gasteiger charge is -2.18. The Bertz CT molecular complexity index is 704. The first-order valence-electron chi connectivity index (χ1n) is 7.24. The second-order valence-electron chi connectivity index (χ2n) is 5.19. The molecule has 122 valence electrons. The van der Waals surface area contributed by atoms with Crippen molar-refractivity contribution in [1.29, 1.82) is 0 Å². The van der Waals surface area contributed by atoms with Crippen LogP contribution in [0.1, 0.15) is 31.4 Å². The Morgan fingerprint density at radius 3 is 2.45 bits per heavy atom. The molecule has 2 rings (SSSR count). The fourth-order valence-electron chi connectivity index (χ4n) is 2.29. The molecule has 0 bridgehead atoms. The minimum atomic E-state index is -3.29. The molecule has 0 amide bonds. The van der Waals surface area contributed by atoms with Crippen LogP contribution in [0.3, 0.4) is 0 Å². The summed E-state index contributed by atoms with van der Waals surface area (Å²) >= 11 is 0. The van der Waals surface area contributed by atoms with Crippen LogP contribution in [-0.4, -0.2) is 20.7 Å². The second-order valence-corrected chi connectivity index (χ2v) is 7.06. The zero-order valence-electron chi connectivity index (χ0n) is 12.7. The van der Waals surface area contributed by atoms with E-state index in [9.17, 15) is 8.42 Å². The average Bonchev–Trinajstić information content (AvgIpc) is 2.50. The van der Waals surface area contributed by atoms with Gasteiger partial charge in [0, 0.05) is 6.54 Å². The maximum Gasteiger partial charge on any atom is 0.212 e. The van der Waals surface area contributed by atoms with Crippen LogP contribution >= 0.6 is 12.4 Å². The topological polar surface area (TPSA) is 72.2 Å². The smallest absolute Gasteiger partial charge is 0.212 e. The highest BCUT2D eigenvalue weighted by Gasteiger charge is 2.18. The Hall–Kier alpha value is -1.14. The van der Waals surface area contributed by atoms with Crippen molar-refractivity contribution >= 4 is 33.2 Å². The quantitative estimate of drug-likeness (QED) is 0.812. The highest BCUT2D eigenvalue weighted by molar-refractivity contribution is 7.89. The molecule has 0 radical (unpaired) electrons. The summed E-state index contributed by atoms with van der Waals surface area (Å²) in [6, 6.07) is 13.5. The van der Waals surface area contributed by atoms with Crippen molar-refractivity contribution in [1.82, 2.24) is 4.72 Å².